The van der Waals surface area contributed by atoms with Gasteiger partial charge in [0.1, 0.15) is 0 Å². The zero-order valence-corrected chi connectivity index (χ0v) is 11.4. The Labute approximate surface area is 114 Å². The number of hydrogen-bond acceptors (Lipinski definition) is 1. The highest BCUT2D eigenvalue weighted by Gasteiger charge is 2.20. The first-order valence-electron chi connectivity index (χ1n) is 7.15. The molecule has 1 N–H and O–H groups in total. The first-order valence-corrected chi connectivity index (χ1v) is 7.15. The Hall–Kier alpha value is -1.54. The first-order chi connectivity index (χ1) is 9.24. The number of rotatable bonds is 3. The molecule has 100 valence electrons. The van der Waals surface area contributed by atoms with Crippen LogP contribution >= 0.6 is 0 Å². The third-order valence-electron chi connectivity index (χ3n) is 4.18. The van der Waals surface area contributed by atoms with Crippen LogP contribution in [0.1, 0.15) is 48.5 Å². The van der Waals surface area contributed by atoms with E-state index in [4.69, 9.17) is 0 Å². The van der Waals surface area contributed by atoms with Crippen molar-refractivity contribution < 1.29 is 5.11 Å². The van der Waals surface area contributed by atoms with Crippen molar-refractivity contribution in [3.8, 4) is 0 Å². The van der Waals surface area contributed by atoms with E-state index in [9.17, 15) is 5.11 Å². The molecule has 0 saturated carbocycles. The number of aromatic nitrogens is 1. The molecule has 2 nitrogen and oxygen atoms in total. The molecule has 0 saturated heterocycles. The number of aryl methyl sites for hydroxylation is 1. The van der Waals surface area contributed by atoms with Gasteiger partial charge in [0, 0.05) is 24.9 Å². The minimum atomic E-state index is -0.375. The van der Waals surface area contributed by atoms with Gasteiger partial charge in [-0.2, -0.15) is 0 Å². The highest BCUT2D eigenvalue weighted by Crippen LogP contribution is 2.32. The van der Waals surface area contributed by atoms with E-state index in [1.165, 1.54) is 30.4 Å². The van der Waals surface area contributed by atoms with Crippen molar-refractivity contribution in [3.05, 3.63) is 59.4 Å². The lowest BCUT2D eigenvalue weighted by molar-refractivity contribution is 0.199. The molecule has 0 fully saturated rings. The van der Waals surface area contributed by atoms with Crippen molar-refractivity contribution in [2.45, 2.75) is 44.8 Å². The highest BCUT2D eigenvalue weighted by molar-refractivity contribution is 5.32. The molecule has 1 aromatic carbocycles. The van der Waals surface area contributed by atoms with Crippen molar-refractivity contribution in [3.63, 3.8) is 0 Å². The van der Waals surface area contributed by atoms with Gasteiger partial charge in [0.15, 0.2) is 0 Å². The fourth-order valence-corrected chi connectivity index (χ4v) is 3.12. The summed E-state index contributed by atoms with van der Waals surface area (Å²) in [5, 5.41) is 9.59. The molecule has 0 bridgehead atoms. The Kier molecular flexibility index (Phi) is 3.43. The Morgan fingerprint density at radius 3 is 2.95 bits per heavy atom. The van der Waals surface area contributed by atoms with Crippen LogP contribution in [0.15, 0.2) is 42.7 Å². The van der Waals surface area contributed by atoms with Gasteiger partial charge in [0.25, 0.3) is 0 Å². The van der Waals surface area contributed by atoms with E-state index < -0.39 is 0 Å². The van der Waals surface area contributed by atoms with Gasteiger partial charge >= 0.3 is 0 Å². The molecule has 1 heterocycles. The van der Waals surface area contributed by atoms with Crippen molar-refractivity contribution in [2.75, 3.05) is 0 Å². The Morgan fingerprint density at radius 2 is 2.16 bits per heavy atom. The summed E-state index contributed by atoms with van der Waals surface area (Å²) in [5.74, 6) is 0.610. The molecular weight excluding hydrogens is 234 g/mol. The summed E-state index contributed by atoms with van der Waals surface area (Å²) >= 11 is 0. The average molecular weight is 255 g/mol. The standard InChI is InChI=1S/C17H21NO/c1-13(19)15-9-10-18(11-15)12-16-7-4-6-14-5-2-3-8-17(14)16/h2-3,5,8-11,13,16,19H,4,6-7,12H2,1H3. The van der Waals surface area contributed by atoms with Crippen LogP contribution in [0.25, 0.3) is 0 Å². The van der Waals surface area contributed by atoms with Crippen LogP contribution in [0.5, 0.6) is 0 Å². The maximum Gasteiger partial charge on any atom is 0.0776 e. The molecule has 2 unspecified atom stereocenters. The number of aliphatic hydroxyl groups is 1. The lowest BCUT2D eigenvalue weighted by Crippen LogP contribution is -2.14. The molecule has 0 aliphatic heterocycles. The molecule has 2 atom stereocenters. The molecule has 0 spiro atoms. The summed E-state index contributed by atoms with van der Waals surface area (Å²) in [6.07, 6.45) is 7.55. The molecule has 2 aromatic rings. The van der Waals surface area contributed by atoms with E-state index in [1.54, 1.807) is 0 Å². The number of fused-ring (bicyclic) bond motifs is 1. The molecule has 0 amide bonds. The van der Waals surface area contributed by atoms with Crippen LogP contribution in [0.4, 0.5) is 0 Å². The maximum atomic E-state index is 9.59. The van der Waals surface area contributed by atoms with Gasteiger partial charge < -0.3 is 9.67 Å². The van der Waals surface area contributed by atoms with Crippen LogP contribution < -0.4 is 0 Å². The fraction of sp³-hybridized carbons (Fsp3) is 0.412. The third kappa shape index (κ3) is 2.59. The molecular formula is C17H21NO. The number of aliphatic hydroxyl groups excluding tert-OH is 1. The fourth-order valence-electron chi connectivity index (χ4n) is 3.12. The van der Waals surface area contributed by atoms with E-state index in [0.717, 1.165) is 12.1 Å². The minimum Gasteiger partial charge on any atom is -0.389 e. The predicted octanol–water partition coefficient (Wildman–Crippen LogP) is 3.66. The summed E-state index contributed by atoms with van der Waals surface area (Å²) in [6, 6.07) is 10.8. The van der Waals surface area contributed by atoms with Crippen molar-refractivity contribution >= 4 is 0 Å². The van der Waals surface area contributed by atoms with E-state index in [-0.39, 0.29) is 6.10 Å². The van der Waals surface area contributed by atoms with E-state index in [1.807, 2.05) is 13.0 Å². The molecule has 0 radical (unpaired) electrons. The summed E-state index contributed by atoms with van der Waals surface area (Å²) in [6.45, 7) is 2.83. The normalized spacial score (nSPS) is 20.0. The highest BCUT2D eigenvalue weighted by atomic mass is 16.3. The third-order valence-corrected chi connectivity index (χ3v) is 4.18. The van der Waals surface area contributed by atoms with Crippen LogP contribution in [0.3, 0.4) is 0 Å². The van der Waals surface area contributed by atoms with Gasteiger partial charge in [-0.05, 0) is 48.9 Å². The van der Waals surface area contributed by atoms with Crippen molar-refractivity contribution in [1.29, 1.82) is 0 Å². The second kappa shape index (κ2) is 5.22. The maximum absolute atomic E-state index is 9.59. The number of hydrogen-bond donors (Lipinski definition) is 1. The van der Waals surface area contributed by atoms with Crippen LogP contribution in [-0.2, 0) is 13.0 Å². The number of benzene rings is 1. The predicted molar refractivity (Wildman–Crippen MR) is 77.2 cm³/mol. The lowest BCUT2D eigenvalue weighted by Gasteiger charge is -2.25. The Bertz CT molecular complexity index is 556. The minimum absolute atomic E-state index is 0.375. The smallest absolute Gasteiger partial charge is 0.0776 e. The molecule has 3 rings (SSSR count). The average Bonchev–Trinajstić information content (AvgIpc) is 2.88. The van der Waals surface area contributed by atoms with E-state index in [0.29, 0.717) is 5.92 Å². The molecule has 2 heteroatoms. The first kappa shape index (κ1) is 12.5. The summed E-state index contributed by atoms with van der Waals surface area (Å²) in [4.78, 5) is 0. The van der Waals surface area contributed by atoms with E-state index in [2.05, 4.69) is 41.2 Å². The van der Waals surface area contributed by atoms with Crippen LogP contribution in [-0.4, -0.2) is 9.67 Å². The molecule has 19 heavy (non-hydrogen) atoms. The SMILES string of the molecule is CC(O)c1ccn(CC2CCCc3ccccc32)c1. The zero-order chi connectivity index (χ0) is 13.2. The Morgan fingerprint density at radius 1 is 1.32 bits per heavy atom. The van der Waals surface area contributed by atoms with E-state index >= 15 is 0 Å². The summed E-state index contributed by atoms with van der Waals surface area (Å²) in [5.41, 5.74) is 4.03. The summed E-state index contributed by atoms with van der Waals surface area (Å²) in [7, 11) is 0. The van der Waals surface area contributed by atoms with Gasteiger partial charge in [-0.25, -0.2) is 0 Å². The quantitative estimate of drug-likeness (QED) is 0.889. The van der Waals surface area contributed by atoms with Gasteiger partial charge in [0.2, 0.25) is 0 Å². The van der Waals surface area contributed by atoms with Crippen LogP contribution in [0.2, 0.25) is 0 Å². The largest absolute Gasteiger partial charge is 0.389 e. The van der Waals surface area contributed by atoms with Crippen molar-refractivity contribution in [1.82, 2.24) is 4.57 Å². The van der Waals surface area contributed by atoms with Crippen LogP contribution in [0, 0.1) is 0 Å². The lowest BCUT2D eigenvalue weighted by atomic mass is 9.83. The second-order valence-electron chi connectivity index (χ2n) is 5.61. The van der Waals surface area contributed by atoms with Gasteiger partial charge in [0.05, 0.1) is 6.10 Å². The van der Waals surface area contributed by atoms with Gasteiger partial charge in [-0.15, -0.1) is 0 Å². The molecule has 1 aliphatic rings. The number of nitrogens with zero attached hydrogens (tertiary/aromatic N) is 1. The molecule has 1 aromatic heterocycles. The zero-order valence-electron chi connectivity index (χ0n) is 11.4. The Balaban J connectivity index is 1.80. The van der Waals surface area contributed by atoms with Gasteiger partial charge in [-0.3, -0.25) is 0 Å². The topological polar surface area (TPSA) is 25.2 Å². The molecule has 1 aliphatic carbocycles. The van der Waals surface area contributed by atoms with Gasteiger partial charge in [-0.1, -0.05) is 24.3 Å². The monoisotopic (exact) mass is 255 g/mol. The second-order valence-corrected chi connectivity index (χ2v) is 5.61. The van der Waals surface area contributed by atoms with Crippen molar-refractivity contribution in [2.24, 2.45) is 0 Å². The summed E-state index contributed by atoms with van der Waals surface area (Å²) < 4.78 is 2.22.